The van der Waals surface area contributed by atoms with E-state index in [4.69, 9.17) is 13.9 Å². The molecule has 1 amide bonds. The van der Waals surface area contributed by atoms with Gasteiger partial charge in [-0.1, -0.05) is 18.2 Å². The van der Waals surface area contributed by atoms with Crippen LogP contribution in [0, 0.1) is 11.3 Å². The molecule has 5 atom stereocenters. The molecule has 40 heavy (non-hydrogen) atoms. The summed E-state index contributed by atoms with van der Waals surface area (Å²) in [5.41, 5.74) is 1.92. The van der Waals surface area contributed by atoms with Crippen molar-refractivity contribution in [2.24, 2.45) is 0 Å². The second-order valence-corrected chi connectivity index (χ2v) is 9.85. The number of nitriles is 1. The predicted octanol–water partition coefficient (Wildman–Crippen LogP) is 1.15. The Labute approximate surface area is 230 Å². The molecule has 11 heteroatoms. The van der Waals surface area contributed by atoms with Crippen LogP contribution in [0.4, 0.5) is 5.69 Å². The van der Waals surface area contributed by atoms with Crippen molar-refractivity contribution in [2.45, 2.75) is 37.6 Å². The summed E-state index contributed by atoms with van der Waals surface area (Å²) in [4.78, 5) is 15.2. The lowest BCUT2D eigenvalue weighted by Gasteiger charge is -2.40. The van der Waals surface area contributed by atoms with Gasteiger partial charge in [-0.2, -0.15) is 5.26 Å². The van der Waals surface area contributed by atoms with Crippen molar-refractivity contribution in [3.63, 3.8) is 0 Å². The molecule has 3 aromatic rings. The van der Waals surface area contributed by atoms with Gasteiger partial charge in [0.25, 0.3) is 5.91 Å². The van der Waals surface area contributed by atoms with Gasteiger partial charge in [0.1, 0.15) is 47.5 Å². The molecule has 5 N–H and O–H groups in total. The number of nitrogens with zero attached hydrogens (tertiary/aromatic N) is 2. The molecule has 1 aromatic heterocycles. The molecule has 2 saturated heterocycles. The molecule has 3 heterocycles. The average Bonchev–Trinajstić information content (AvgIpc) is 3.48. The fourth-order valence-corrected chi connectivity index (χ4v) is 5.00. The monoisotopic (exact) mass is 549 g/mol. The van der Waals surface area contributed by atoms with Crippen LogP contribution in [0.2, 0.25) is 0 Å². The Morgan fingerprint density at radius 1 is 1.05 bits per heavy atom. The fourth-order valence-electron chi connectivity index (χ4n) is 5.00. The van der Waals surface area contributed by atoms with Gasteiger partial charge in [0.15, 0.2) is 6.29 Å². The summed E-state index contributed by atoms with van der Waals surface area (Å²) >= 11 is 0. The van der Waals surface area contributed by atoms with Crippen molar-refractivity contribution in [2.75, 3.05) is 37.8 Å². The van der Waals surface area contributed by atoms with E-state index in [0.717, 1.165) is 35.1 Å². The van der Waals surface area contributed by atoms with Crippen LogP contribution < -0.4 is 10.2 Å². The van der Waals surface area contributed by atoms with Crippen LogP contribution >= 0.6 is 0 Å². The number of morpholine rings is 1. The minimum Gasteiger partial charge on any atom is -0.456 e. The topological polar surface area (TPSA) is 169 Å². The summed E-state index contributed by atoms with van der Waals surface area (Å²) < 4.78 is 16.5. The van der Waals surface area contributed by atoms with Gasteiger partial charge in [-0.05, 0) is 48.0 Å². The number of hydrogen-bond donors (Lipinski definition) is 5. The van der Waals surface area contributed by atoms with E-state index < -0.39 is 43.2 Å². The number of rotatable bonds is 6. The van der Waals surface area contributed by atoms with E-state index in [1.807, 2.05) is 24.3 Å². The Morgan fingerprint density at radius 3 is 2.50 bits per heavy atom. The minimum atomic E-state index is -1.70. The van der Waals surface area contributed by atoms with Crippen LogP contribution in [0.1, 0.15) is 12.7 Å². The summed E-state index contributed by atoms with van der Waals surface area (Å²) in [7, 11) is 0. The molecule has 0 aliphatic carbocycles. The Kier molecular flexibility index (Phi) is 8.18. The number of amides is 1. The SMILES string of the molecule is C/C(=C(/C#N)C(=O)N[C@H]1C(O)O[C@H](CO)[C@@H](O)[C@@H]1O)c1ccc(-c2ccc3cc(N4CCOCC4)ccc3c2)o1. The zero-order valence-electron chi connectivity index (χ0n) is 21.9. The van der Waals surface area contributed by atoms with Gasteiger partial charge < -0.3 is 44.5 Å². The highest BCUT2D eigenvalue weighted by Crippen LogP contribution is 2.31. The number of benzene rings is 2. The van der Waals surface area contributed by atoms with Crippen LogP contribution in [-0.2, 0) is 14.3 Å². The van der Waals surface area contributed by atoms with Crippen LogP contribution in [0.25, 0.3) is 27.7 Å². The molecule has 5 rings (SSSR count). The van der Waals surface area contributed by atoms with Gasteiger partial charge >= 0.3 is 0 Å². The first-order chi connectivity index (χ1) is 19.3. The third kappa shape index (κ3) is 5.46. The van der Waals surface area contributed by atoms with Crippen LogP contribution in [0.3, 0.4) is 0 Å². The summed E-state index contributed by atoms with van der Waals surface area (Å²) in [5, 5.41) is 54.0. The van der Waals surface area contributed by atoms with Gasteiger partial charge in [-0.3, -0.25) is 4.79 Å². The van der Waals surface area contributed by atoms with E-state index in [1.165, 1.54) is 0 Å². The molecule has 1 unspecified atom stereocenters. The Morgan fingerprint density at radius 2 is 1.77 bits per heavy atom. The first-order valence-electron chi connectivity index (χ1n) is 13.0. The van der Waals surface area contributed by atoms with Crippen LogP contribution in [-0.4, -0.2) is 89.9 Å². The highest BCUT2D eigenvalue weighted by atomic mass is 16.6. The highest BCUT2D eigenvalue weighted by molar-refractivity contribution is 6.04. The summed E-state index contributed by atoms with van der Waals surface area (Å²) in [6, 6.07) is 16.1. The standard InChI is InChI=1S/C29H31N3O8/c1-16(21(14-30)28(36)31-25-27(35)26(34)24(15-33)40-29(25)37)22-6-7-23(39-22)19-3-2-18-13-20(5-4-17(18)12-19)32-8-10-38-11-9-32/h2-7,12-13,24-27,29,33-35,37H,8-11,15H2,1H3,(H,31,36)/b21-16+/t24-,25-,26-,27-,29?/m1/s1. The zero-order valence-corrected chi connectivity index (χ0v) is 21.9. The number of allylic oxidation sites excluding steroid dienone is 1. The molecule has 0 saturated carbocycles. The van der Waals surface area contributed by atoms with Crippen molar-refractivity contribution in [3.8, 4) is 17.4 Å². The van der Waals surface area contributed by atoms with E-state index >= 15 is 0 Å². The number of anilines is 1. The normalized spacial score (nSPS) is 25.8. The maximum absolute atomic E-state index is 12.9. The number of carbonyl (C=O) groups is 1. The average molecular weight is 550 g/mol. The number of hydrogen-bond acceptors (Lipinski definition) is 10. The number of nitrogens with one attached hydrogen (secondary N) is 1. The molecule has 0 spiro atoms. The molecule has 2 aromatic carbocycles. The number of carbonyl (C=O) groups excluding carboxylic acids is 1. The van der Waals surface area contributed by atoms with Crippen molar-refractivity contribution >= 4 is 27.9 Å². The molecule has 0 radical (unpaired) electrons. The Hall–Kier alpha value is -3.76. The van der Waals surface area contributed by atoms with Gasteiger partial charge in [-0.15, -0.1) is 0 Å². The van der Waals surface area contributed by atoms with Crippen LogP contribution in [0.5, 0.6) is 0 Å². The van der Waals surface area contributed by atoms with Gasteiger partial charge in [0.05, 0.1) is 19.8 Å². The van der Waals surface area contributed by atoms with E-state index in [9.17, 15) is 30.5 Å². The maximum atomic E-state index is 12.9. The van der Waals surface area contributed by atoms with E-state index in [2.05, 4.69) is 28.4 Å². The first kappa shape index (κ1) is 27.8. The Bertz CT molecular complexity index is 1450. The second-order valence-electron chi connectivity index (χ2n) is 9.85. The van der Waals surface area contributed by atoms with Crippen molar-refractivity contribution in [1.29, 1.82) is 5.26 Å². The minimum absolute atomic E-state index is 0.247. The quantitative estimate of drug-likeness (QED) is 0.222. The van der Waals surface area contributed by atoms with Crippen molar-refractivity contribution in [3.05, 3.63) is 59.9 Å². The lowest BCUT2D eigenvalue weighted by atomic mass is 9.96. The maximum Gasteiger partial charge on any atom is 0.262 e. The van der Waals surface area contributed by atoms with E-state index in [-0.39, 0.29) is 11.1 Å². The lowest BCUT2D eigenvalue weighted by Crippen LogP contribution is -2.64. The van der Waals surface area contributed by atoms with Gasteiger partial charge in [-0.25, -0.2) is 0 Å². The second kappa shape index (κ2) is 11.8. The highest BCUT2D eigenvalue weighted by Gasteiger charge is 2.44. The zero-order chi connectivity index (χ0) is 28.4. The third-order valence-corrected chi connectivity index (χ3v) is 7.37. The Balaban J connectivity index is 1.34. The molecule has 2 aliphatic heterocycles. The molecular formula is C29H31N3O8. The van der Waals surface area contributed by atoms with E-state index in [1.54, 1.807) is 19.1 Å². The van der Waals surface area contributed by atoms with E-state index in [0.29, 0.717) is 24.7 Å². The predicted molar refractivity (Wildman–Crippen MR) is 145 cm³/mol. The van der Waals surface area contributed by atoms with Crippen molar-refractivity contribution in [1.82, 2.24) is 5.32 Å². The number of fused-ring (bicyclic) bond motifs is 1. The largest absolute Gasteiger partial charge is 0.456 e. The molecular weight excluding hydrogens is 518 g/mol. The lowest BCUT2D eigenvalue weighted by molar-refractivity contribution is -0.253. The number of ether oxygens (including phenoxy) is 2. The fraction of sp³-hybridized carbons (Fsp3) is 0.379. The van der Waals surface area contributed by atoms with Crippen molar-refractivity contribution < 1.29 is 39.1 Å². The van der Waals surface area contributed by atoms with Gasteiger partial charge in [0, 0.05) is 29.9 Å². The van der Waals surface area contributed by atoms with Crippen LogP contribution in [0.15, 0.2) is 58.5 Å². The molecule has 210 valence electrons. The smallest absolute Gasteiger partial charge is 0.262 e. The third-order valence-electron chi connectivity index (χ3n) is 7.37. The molecule has 2 aliphatic rings. The first-order valence-corrected chi connectivity index (χ1v) is 13.0. The summed E-state index contributed by atoms with van der Waals surface area (Å²) in [5.74, 6) is -0.0391. The number of aliphatic hydroxyl groups excluding tert-OH is 4. The van der Waals surface area contributed by atoms with Gasteiger partial charge in [0.2, 0.25) is 0 Å². The molecule has 2 fully saturated rings. The molecule has 0 bridgehead atoms. The number of furan rings is 1. The molecule has 11 nitrogen and oxygen atoms in total. The summed E-state index contributed by atoms with van der Waals surface area (Å²) in [6.45, 7) is 4.06. The number of aliphatic hydroxyl groups is 4. The summed E-state index contributed by atoms with van der Waals surface area (Å²) in [6.07, 6.45) is -6.09.